The molecule has 2 heterocycles. The maximum Gasteiger partial charge on any atom is 0.471 e. The van der Waals surface area contributed by atoms with Crippen LogP contribution in [0.4, 0.5) is 19.0 Å². The number of hydrogen-bond acceptors (Lipinski definition) is 3. The van der Waals surface area contributed by atoms with Crippen LogP contribution in [0.2, 0.25) is 0 Å². The number of nitrogens with zero attached hydrogens (tertiary/aromatic N) is 2. The van der Waals surface area contributed by atoms with Gasteiger partial charge in [0.1, 0.15) is 5.82 Å². The minimum absolute atomic E-state index is 0.00790. The van der Waals surface area contributed by atoms with Gasteiger partial charge in [0, 0.05) is 18.7 Å². The van der Waals surface area contributed by atoms with E-state index in [1.54, 1.807) is 12.1 Å². The monoisotopic (exact) mass is 302 g/mol. The van der Waals surface area contributed by atoms with Crippen LogP contribution in [0.1, 0.15) is 24.1 Å². The number of carboxylic acids is 1. The third-order valence-electron chi connectivity index (χ3n) is 3.18. The van der Waals surface area contributed by atoms with Gasteiger partial charge in [0.05, 0.1) is 6.42 Å². The highest BCUT2D eigenvalue weighted by molar-refractivity contribution is 5.97. The van der Waals surface area contributed by atoms with Crippen molar-refractivity contribution < 1.29 is 27.9 Å². The second-order valence-corrected chi connectivity index (χ2v) is 4.74. The molecular formula is C13H13F3N2O3. The van der Waals surface area contributed by atoms with Gasteiger partial charge in [-0.25, -0.2) is 4.98 Å². The molecule has 1 aromatic rings. The Bertz CT molecular complexity index is 572. The Morgan fingerprint density at radius 2 is 2.05 bits per heavy atom. The van der Waals surface area contributed by atoms with Gasteiger partial charge >= 0.3 is 18.1 Å². The minimum Gasteiger partial charge on any atom is -0.481 e. The van der Waals surface area contributed by atoms with Crippen molar-refractivity contribution in [3.63, 3.8) is 0 Å². The third-order valence-corrected chi connectivity index (χ3v) is 3.18. The molecule has 0 fully saturated rings. The van der Waals surface area contributed by atoms with Crippen LogP contribution in [-0.2, 0) is 22.4 Å². The van der Waals surface area contributed by atoms with Gasteiger partial charge in [0.25, 0.3) is 0 Å². The van der Waals surface area contributed by atoms with Gasteiger partial charge in [-0.1, -0.05) is 6.07 Å². The van der Waals surface area contributed by atoms with E-state index in [0.29, 0.717) is 29.0 Å². The highest BCUT2D eigenvalue weighted by Gasteiger charge is 2.44. The summed E-state index contributed by atoms with van der Waals surface area (Å²) in [5.41, 5.74) is 0.927. The van der Waals surface area contributed by atoms with Crippen molar-refractivity contribution in [1.29, 1.82) is 0 Å². The zero-order valence-corrected chi connectivity index (χ0v) is 11.0. The first-order valence-corrected chi connectivity index (χ1v) is 6.38. The van der Waals surface area contributed by atoms with E-state index in [4.69, 9.17) is 5.11 Å². The van der Waals surface area contributed by atoms with E-state index in [9.17, 15) is 22.8 Å². The Morgan fingerprint density at radius 1 is 1.33 bits per heavy atom. The quantitative estimate of drug-likeness (QED) is 0.926. The molecule has 5 nitrogen and oxygen atoms in total. The number of aromatic nitrogens is 1. The van der Waals surface area contributed by atoms with Crippen LogP contribution in [0.5, 0.6) is 0 Å². The molecule has 0 saturated carbocycles. The van der Waals surface area contributed by atoms with E-state index < -0.39 is 18.1 Å². The van der Waals surface area contributed by atoms with E-state index in [1.165, 1.54) is 0 Å². The summed E-state index contributed by atoms with van der Waals surface area (Å²) < 4.78 is 37.8. The van der Waals surface area contributed by atoms with E-state index in [-0.39, 0.29) is 25.2 Å². The number of pyridine rings is 1. The van der Waals surface area contributed by atoms with E-state index >= 15 is 0 Å². The fourth-order valence-electron chi connectivity index (χ4n) is 2.20. The van der Waals surface area contributed by atoms with Gasteiger partial charge in [-0.05, 0) is 24.5 Å². The lowest BCUT2D eigenvalue weighted by molar-refractivity contribution is -0.170. The highest BCUT2D eigenvalue weighted by Crippen LogP contribution is 2.29. The minimum atomic E-state index is -4.95. The number of aliphatic carboxylic acids is 1. The first-order valence-electron chi connectivity index (χ1n) is 6.38. The lowest BCUT2D eigenvalue weighted by Crippen LogP contribution is -2.44. The van der Waals surface area contributed by atoms with Crippen molar-refractivity contribution in [2.24, 2.45) is 0 Å². The van der Waals surface area contributed by atoms with Crippen molar-refractivity contribution in [3.8, 4) is 0 Å². The van der Waals surface area contributed by atoms with Crippen LogP contribution in [0.3, 0.4) is 0 Å². The number of aryl methyl sites for hydroxylation is 2. The largest absolute Gasteiger partial charge is 0.481 e. The Labute approximate surface area is 118 Å². The SMILES string of the molecule is O=C(O)CCc1ccc2c(n1)N(C(=O)C(F)(F)F)CCC2. The van der Waals surface area contributed by atoms with E-state index in [2.05, 4.69) is 4.98 Å². The van der Waals surface area contributed by atoms with E-state index in [0.717, 1.165) is 0 Å². The third kappa shape index (κ3) is 3.50. The van der Waals surface area contributed by atoms with Crippen LogP contribution in [0.15, 0.2) is 12.1 Å². The van der Waals surface area contributed by atoms with Gasteiger partial charge in [0.15, 0.2) is 0 Å². The highest BCUT2D eigenvalue weighted by atomic mass is 19.4. The summed E-state index contributed by atoms with van der Waals surface area (Å²) in [4.78, 5) is 26.6. The maximum atomic E-state index is 12.6. The first-order chi connectivity index (χ1) is 9.79. The molecule has 1 aliphatic heterocycles. The number of alkyl halides is 3. The Hall–Kier alpha value is -2.12. The van der Waals surface area contributed by atoms with Crippen molar-refractivity contribution in [3.05, 3.63) is 23.4 Å². The second kappa shape index (κ2) is 5.71. The number of hydrogen-bond donors (Lipinski definition) is 1. The normalized spacial score (nSPS) is 14.7. The number of carboxylic acid groups (broad SMARTS) is 1. The molecule has 0 radical (unpaired) electrons. The van der Waals surface area contributed by atoms with Gasteiger partial charge in [0.2, 0.25) is 0 Å². The van der Waals surface area contributed by atoms with Crippen molar-refractivity contribution in [2.75, 3.05) is 11.4 Å². The molecule has 114 valence electrons. The summed E-state index contributed by atoms with van der Waals surface area (Å²) in [7, 11) is 0. The number of halogens is 3. The molecular weight excluding hydrogens is 289 g/mol. The average Bonchev–Trinajstić information content (AvgIpc) is 2.42. The molecule has 1 aromatic heterocycles. The van der Waals surface area contributed by atoms with Crippen LogP contribution in [0.25, 0.3) is 0 Å². The molecule has 0 aliphatic carbocycles. The zero-order valence-electron chi connectivity index (χ0n) is 11.0. The predicted octanol–water partition coefficient (Wildman–Crippen LogP) is 1.94. The zero-order chi connectivity index (χ0) is 15.6. The fourth-order valence-corrected chi connectivity index (χ4v) is 2.20. The lowest BCUT2D eigenvalue weighted by Gasteiger charge is -2.29. The second-order valence-electron chi connectivity index (χ2n) is 4.74. The van der Waals surface area contributed by atoms with Crippen molar-refractivity contribution in [1.82, 2.24) is 4.98 Å². The summed E-state index contributed by atoms with van der Waals surface area (Å²) in [6.45, 7) is -0.0409. The number of carbonyl (C=O) groups is 2. The van der Waals surface area contributed by atoms with Crippen LogP contribution in [0, 0.1) is 0 Å². The lowest BCUT2D eigenvalue weighted by atomic mass is 10.0. The summed E-state index contributed by atoms with van der Waals surface area (Å²) >= 11 is 0. The topological polar surface area (TPSA) is 70.5 Å². The Morgan fingerprint density at radius 3 is 2.67 bits per heavy atom. The molecule has 0 saturated heterocycles. The summed E-state index contributed by atoms with van der Waals surface area (Å²) in [6.07, 6.45) is -4.03. The summed E-state index contributed by atoms with van der Waals surface area (Å²) in [5, 5.41) is 8.62. The van der Waals surface area contributed by atoms with Gasteiger partial charge in [-0.2, -0.15) is 13.2 Å². The molecule has 0 bridgehead atoms. The first kappa shape index (κ1) is 15.3. The fraction of sp³-hybridized carbons (Fsp3) is 0.462. The number of rotatable bonds is 3. The number of amides is 1. The van der Waals surface area contributed by atoms with Gasteiger partial charge in [-0.3, -0.25) is 14.5 Å². The molecule has 0 unspecified atom stereocenters. The van der Waals surface area contributed by atoms with Gasteiger partial charge < -0.3 is 5.11 Å². The van der Waals surface area contributed by atoms with Crippen LogP contribution < -0.4 is 4.90 Å². The summed E-state index contributed by atoms with van der Waals surface area (Å²) in [5.74, 6) is -2.96. The standard InChI is InChI=1S/C13H13F3N2O3/c14-13(15,16)12(21)18-7-1-2-8-3-4-9(17-11(8)18)5-6-10(19)20/h3-4H,1-2,5-7H2,(H,19,20). The predicted molar refractivity (Wildman–Crippen MR) is 66.9 cm³/mol. The molecule has 8 heteroatoms. The molecule has 1 amide bonds. The van der Waals surface area contributed by atoms with Crippen molar-refractivity contribution in [2.45, 2.75) is 31.9 Å². The van der Waals surface area contributed by atoms with Gasteiger partial charge in [-0.15, -0.1) is 0 Å². The number of carbonyl (C=O) groups excluding carboxylic acids is 1. The molecule has 0 aromatic carbocycles. The molecule has 21 heavy (non-hydrogen) atoms. The van der Waals surface area contributed by atoms with Crippen LogP contribution in [-0.4, -0.2) is 34.7 Å². The Balaban J connectivity index is 2.29. The Kier molecular flexibility index (Phi) is 4.15. The molecule has 0 spiro atoms. The summed E-state index contributed by atoms with van der Waals surface area (Å²) in [6, 6.07) is 3.19. The van der Waals surface area contributed by atoms with Crippen LogP contribution >= 0.6 is 0 Å². The molecule has 1 aliphatic rings. The number of fused-ring (bicyclic) bond motifs is 1. The number of anilines is 1. The molecule has 0 atom stereocenters. The maximum absolute atomic E-state index is 12.6. The molecule has 1 N–H and O–H groups in total. The smallest absolute Gasteiger partial charge is 0.471 e. The van der Waals surface area contributed by atoms with E-state index in [1.807, 2.05) is 0 Å². The van der Waals surface area contributed by atoms with Crippen molar-refractivity contribution >= 4 is 17.7 Å². The average molecular weight is 302 g/mol. The molecule has 2 rings (SSSR count).